The Morgan fingerprint density at radius 3 is 3.25 bits per heavy atom. The van der Waals surface area contributed by atoms with Gasteiger partial charge in [0, 0.05) is 11.4 Å². The Labute approximate surface area is 99.6 Å². The van der Waals surface area contributed by atoms with E-state index in [-0.39, 0.29) is 6.09 Å². The first-order valence-corrected chi connectivity index (χ1v) is 6.34. The van der Waals surface area contributed by atoms with Crippen LogP contribution >= 0.6 is 11.8 Å². The van der Waals surface area contributed by atoms with Gasteiger partial charge < -0.3 is 10.1 Å². The van der Waals surface area contributed by atoms with E-state index in [0.717, 1.165) is 12.0 Å². The van der Waals surface area contributed by atoms with Crippen molar-refractivity contribution in [3.8, 4) is 0 Å². The molecule has 0 spiro atoms. The first-order valence-electron chi connectivity index (χ1n) is 5.36. The zero-order chi connectivity index (χ0) is 11.4. The third-order valence-electron chi connectivity index (χ3n) is 2.60. The molecule has 0 radical (unpaired) electrons. The molecular weight excluding hydrogens is 222 g/mol. The van der Waals surface area contributed by atoms with Crippen LogP contribution < -0.4 is 5.32 Å². The first-order chi connectivity index (χ1) is 7.79. The van der Waals surface area contributed by atoms with Gasteiger partial charge in [-0.05, 0) is 35.8 Å². The van der Waals surface area contributed by atoms with Crippen LogP contribution in [0.5, 0.6) is 0 Å². The molecule has 1 aromatic rings. The number of carbonyl (C=O) groups excluding carboxylic acids is 1. The molecule has 0 saturated heterocycles. The van der Waals surface area contributed by atoms with E-state index >= 15 is 0 Å². The van der Waals surface area contributed by atoms with Crippen LogP contribution in [0, 0.1) is 0 Å². The van der Waals surface area contributed by atoms with Gasteiger partial charge in [-0.3, -0.25) is 0 Å². The zero-order valence-corrected chi connectivity index (χ0v) is 10.1. The van der Waals surface area contributed by atoms with E-state index in [2.05, 4.69) is 28.3 Å². The summed E-state index contributed by atoms with van der Waals surface area (Å²) >= 11 is 1.91. The van der Waals surface area contributed by atoms with Gasteiger partial charge in [0.15, 0.2) is 0 Å². The molecule has 0 atom stereocenters. The Hall–Kier alpha value is -1.16. The van der Waals surface area contributed by atoms with Crippen LogP contribution in [0.25, 0.3) is 0 Å². The van der Waals surface area contributed by atoms with Gasteiger partial charge in [0.1, 0.15) is 0 Å². The number of amides is 1. The van der Waals surface area contributed by atoms with E-state index in [0.29, 0.717) is 6.54 Å². The second-order valence-corrected chi connectivity index (χ2v) is 4.88. The Morgan fingerprint density at radius 2 is 2.44 bits per heavy atom. The van der Waals surface area contributed by atoms with Crippen molar-refractivity contribution in [2.75, 3.05) is 12.9 Å². The van der Waals surface area contributed by atoms with Crippen LogP contribution in [0.3, 0.4) is 0 Å². The van der Waals surface area contributed by atoms with Gasteiger partial charge in [-0.25, -0.2) is 4.79 Å². The number of fused-ring (bicyclic) bond motifs is 1. The molecule has 0 aliphatic carbocycles. The standard InChI is InChI=1S/C12H15NO2S/c1-15-12(14)13-8-9-4-5-11-10(7-9)3-2-6-16-11/h4-5,7H,2-3,6,8H2,1H3,(H,13,14). The molecule has 0 aromatic heterocycles. The van der Waals surface area contributed by atoms with E-state index < -0.39 is 0 Å². The highest BCUT2D eigenvalue weighted by atomic mass is 32.2. The summed E-state index contributed by atoms with van der Waals surface area (Å²) in [4.78, 5) is 12.3. The Morgan fingerprint density at radius 1 is 1.56 bits per heavy atom. The number of carbonyl (C=O) groups is 1. The molecule has 1 aliphatic heterocycles. The SMILES string of the molecule is COC(=O)NCc1ccc2c(c1)CCCS2. The minimum absolute atomic E-state index is 0.382. The highest BCUT2D eigenvalue weighted by Gasteiger charge is 2.10. The number of thioether (sulfide) groups is 1. The van der Waals surface area contributed by atoms with Crippen LogP contribution in [-0.4, -0.2) is 19.0 Å². The summed E-state index contributed by atoms with van der Waals surface area (Å²) in [7, 11) is 1.37. The lowest BCUT2D eigenvalue weighted by Gasteiger charge is -2.16. The van der Waals surface area contributed by atoms with E-state index in [1.165, 1.54) is 29.7 Å². The fourth-order valence-corrected chi connectivity index (χ4v) is 2.79. The quantitative estimate of drug-likeness (QED) is 0.859. The fraction of sp³-hybridized carbons (Fsp3) is 0.417. The number of nitrogens with one attached hydrogen (secondary N) is 1. The predicted molar refractivity (Wildman–Crippen MR) is 64.7 cm³/mol. The van der Waals surface area contributed by atoms with Crippen LogP contribution in [0.2, 0.25) is 0 Å². The number of hydrogen-bond acceptors (Lipinski definition) is 3. The molecule has 16 heavy (non-hydrogen) atoms. The molecule has 0 unspecified atom stereocenters. The van der Waals surface area contributed by atoms with Gasteiger partial charge in [0.25, 0.3) is 0 Å². The van der Waals surface area contributed by atoms with Crippen LogP contribution in [0.4, 0.5) is 4.79 Å². The smallest absolute Gasteiger partial charge is 0.407 e. The molecule has 86 valence electrons. The highest BCUT2D eigenvalue weighted by molar-refractivity contribution is 7.99. The van der Waals surface area contributed by atoms with E-state index in [1.807, 2.05) is 11.8 Å². The third kappa shape index (κ3) is 2.70. The maximum absolute atomic E-state index is 10.9. The van der Waals surface area contributed by atoms with Gasteiger partial charge in [-0.2, -0.15) is 0 Å². The molecule has 1 aromatic carbocycles. The monoisotopic (exact) mass is 237 g/mol. The molecule has 1 amide bonds. The first kappa shape index (κ1) is 11.3. The molecule has 3 nitrogen and oxygen atoms in total. The second-order valence-electron chi connectivity index (χ2n) is 3.74. The Balaban J connectivity index is 2.03. The average molecular weight is 237 g/mol. The number of aryl methyl sites for hydroxylation is 1. The van der Waals surface area contributed by atoms with Crippen molar-refractivity contribution in [3.05, 3.63) is 29.3 Å². The number of hydrogen-bond donors (Lipinski definition) is 1. The van der Waals surface area contributed by atoms with E-state index in [9.17, 15) is 4.79 Å². The van der Waals surface area contributed by atoms with Crippen molar-refractivity contribution in [2.24, 2.45) is 0 Å². The maximum Gasteiger partial charge on any atom is 0.407 e. The van der Waals surface area contributed by atoms with Gasteiger partial charge in [-0.15, -0.1) is 11.8 Å². The zero-order valence-electron chi connectivity index (χ0n) is 9.29. The van der Waals surface area contributed by atoms with Crippen molar-refractivity contribution in [3.63, 3.8) is 0 Å². The van der Waals surface area contributed by atoms with Crippen molar-refractivity contribution in [2.45, 2.75) is 24.3 Å². The normalized spacial score (nSPS) is 14.1. The number of alkyl carbamates (subject to hydrolysis) is 1. The topological polar surface area (TPSA) is 38.3 Å². The number of benzene rings is 1. The van der Waals surface area contributed by atoms with Gasteiger partial charge in [-0.1, -0.05) is 12.1 Å². The van der Waals surface area contributed by atoms with Gasteiger partial charge in [0.2, 0.25) is 0 Å². The van der Waals surface area contributed by atoms with Crippen LogP contribution in [0.15, 0.2) is 23.1 Å². The Kier molecular flexibility index (Phi) is 3.72. The number of methoxy groups -OCH3 is 1. The molecule has 1 N–H and O–H groups in total. The average Bonchev–Trinajstić information content (AvgIpc) is 2.35. The second kappa shape index (κ2) is 5.25. The summed E-state index contributed by atoms with van der Waals surface area (Å²) in [5.41, 5.74) is 2.53. The largest absolute Gasteiger partial charge is 0.453 e. The van der Waals surface area contributed by atoms with E-state index in [1.54, 1.807) is 0 Å². The number of rotatable bonds is 2. The minimum Gasteiger partial charge on any atom is -0.453 e. The predicted octanol–water partition coefficient (Wildman–Crippen LogP) is 2.58. The molecule has 1 heterocycles. The summed E-state index contributed by atoms with van der Waals surface area (Å²) < 4.78 is 4.53. The molecule has 0 saturated carbocycles. The van der Waals surface area contributed by atoms with Crippen LogP contribution in [-0.2, 0) is 17.7 Å². The molecule has 0 fully saturated rings. The highest BCUT2D eigenvalue weighted by Crippen LogP contribution is 2.30. The van der Waals surface area contributed by atoms with Gasteiger partial charge in [0.05, 0.1) is 7.11 Å². The van der Waals surface area contributed by atoms with Crippen molar-refractivity contribution in [1.82, 2.24) is 5.32 Å². The molecule has 1 aliphatic rings. The summed E-state index contributed by atoms with van der Waals surface area (Å²) in [6.07, 6.45) is 2.01. The van der Waals surface area contributed by atoms with Crippen LogP contribution in [0.1, 0.15) is 17.5 Å². The minimum atomic E-state index is -0.382. The van der Waals surface area contributed by atoms with Crippen molar-refractivity contribution >= 4 is 17.9 Å². The molecule has 0 bridgehead atoms. The summed E-state index contributed by atoms with van der Waals surface area (Å²) in [5.74, 6) is 1.22. The third-order valence-corrected chi connectivity index (χ3v) is 3.80. The number of ether oxygens (including phenoxy) is 1. The van der Waals surface area contributed by atoms with Gasteiger partial charge >= 0.3 is 6.09 Å². The summed E-state index contributed by atoms with van der Waals surface area (Å²) in [5, 5.41) is 2.69. The van der Waals surface area contributed by atoms with Crippen molar-refractivity contribution < 1.29 is 9.53 Å². The Bertz CT molecular complexity index is 393. The fourth-order valence-electron chi connectivity index (χ4n) is 1.77. The molecular formula is C12H15NO2S. The lowest BCUT2D eigenvalue weighted by molar-refractivity contribution is 0.170. The van der Waals surface area contributed by atoms with E-state index in [4.69, 9.17) is 0 Å². The maximum atomic E-state index is 10.9. The summed E-state index contributed by atoms with van der Waals surface area (Å²) in [6, 6.07) is 6.39. The molecule has 2 rings (SSSR count). The summed E-state index contributed by atoms with van der Waals surface area (Å²) in [6.45, 7) is 0.532. The lowest BCUT2D eigenvalue weighted by Crippen LogP contribution is -2.22. The molecule has 4 heteroatoms. The lowest BCUT2D eigenvalue weighted by atomic mass is 10.1. The van der Waals surface area contributed by atoms with Crippen molar-refractivity contribution in [1.29, 1.82) is 0 Å².